The van der Waals surface area contributed by atoms with Gasteiger partial charge in [-0.3, -0.25) is 13.7 Å². The number of nitrogens with two attached hydrogens (primary N) is 1. The number of nitrogens with zero attached hydrogens (tertiary/aromatic N) is 6. The molecule has 5 rings (SSSR count). The van der Waals surface area contributed by atoms with Gasteiger partial charge in [-0.2, -0.15) is 0 Å². The van der Waals surface area contributed by atoms with Crippen molar-refractivity contribution in [3.8, 4) is 11.5 Å². The van der Waals surface area contributed by atoms with E-state index in [1.165, 1.54) is 32.7 Å². The molecule has 3 aromatic heterocycles. The van der Waals surface area contributed by atoms with Crippen LogP contribution in [0.3, 0.4) is 0 Å². The predicted octanol–water partition coefficient (Wildman–Crippen LogP) is 7.14. The second-order valence-corrected chi connectivity index (χ2v) is 10.8. The van der Waals surface area contributed by atoms with Crippen LogP contribution in [-0.2, 0) is 13.1 Å². The van der Waals surface area contributed by atoms with Gasteiger partial charge in [-0.15, -0.1) is 0 Å². The molecule has 0 atom stereocenters. The number of nitrogens with one attached hydrogen (secondary N) is 1. The Balaban J connectivity index is 0.000000361. The lowest BCUT2D eigenvalue weighted by molar-refractivity contribution is 0.241. The number of hydrogen-bond donors (Lipinski definition) is 2. The Kier molecular flexibility index (Phi) is 20.6. The van der Waals surface area contributed by atoms with Crippen LogP contribution in [0.5, 0.6) is 11.5 Å². The van der Waals surface area contributed by atoms with Crippen molar-refractivity contribution in [1.82, 2.24) is 34.0 Å². The molecule has 5 aromatic rings. The van der Waals surface area contributed by atoms with Crippen LogP contribution in [0.15, 0.2) is 105 Å². The van der Waals surface area contributed by atoms with Gasteiger partial charge in [0.1, 0.15) is 30.5 Å². The number of ether oxygens (including phenoxy) is 2. The number of carbonyl (C=O) groups is 2. The Morgan fingerprint density at radius 1 is 0.708 bits per heavy atom. The molecule has 0 spiro atoms. The zero-order valence-electron chi connectivity index (χ0n) is 27.6. The van der Waals surface area contributed by atoms with Gasteiger partial charge in [0.15, 0.2) is 0 Å². The number of imidazole rings is 3. The van der Waals surface area contributed by atoms with Gasteiger partial charge in [0, 0.05) is 50.3 Å². The van der Waals surface area contributed by atoms with E-state index >= 15 is 0 Å². The van der Waals surface area contributed by atoms with Gasteiger partial charge < -0.3 is 20.5 Å². The summed E-state index contributed by atoms with van der Waals surface area (Å²) in [5.74, 6) is 2.84. The molecule has 13 heteroatoms. The summed E-state index contributed by atoms with van der Waals surface area (Å²) in [5, 5.41) is 2.81. The maximum atomic E-state index is 11.7. The van der Waals surface area contributed by atoms with E-state index in [0.717, 1.165) is 29.2 Å². The molecular weight excluding hydrogens is 723 g/mol. The Morgan fingerprint density at radius 3 is 1.46 bits per heavy atom. The number of halogens is 1. The van der Waals surface area contributed by atoms with Crippen molar-refractivity contribution in [2.75, 3.05) is 18.1 Å². The number of benzene rings is 2. The first-order valence-corrected chi connectivity index (χ1v) is 17.2. The van der Waals surface area contributed by atoms with E-state index in [4.69, 9.17) is 15.2 Å². The molecule has 48 heavy (non-hydrogen) atoms. The molecule has 0 fully saturated rings. The lowest BCUT2D eigenvalue weighted by atomic mass is 10.2. The highest BCUT2D eigenvalue weighted by atomic mass is 127. The molecule has 0 aliphatic heterocycles. The topological polar surface area (TPSA) is 144 Å². The third-order valence-corrected chi connectivity index (χ3v) is 5.88. The van der Waals surface area contributed by atoms with Crippen LogP contribution < -0.4 is 20.5 Å². The smallest absolute Gasteiger partial charge is 0.338 e. The number of hydrogen-bond acceptors (Lipinski definition) is 8. The molecule has 2 aromatic carbocycles. The van der Waals surface area contributed by atoms with E-state index in [9.17, 15) is 9.59 Å². The first kappa shape index (κ1) is 41.5. The van der Waals surface area contributed by atoms with Crippen molar-refractivity contribution >= 4 is 34.7 Å². The first-order valence-electron chi connectivity index (χ1n) is 15.0. The van der Waals surface area contributed by atoms with Crippen LogP contribution in [-0.4, -0.2) is 58.9 Å². The fraction of sp³-hybridized carbons (Fsp3) is 0.343. The van der Waals surface area contributed by atoms with Gasteiger partial charge in [0.25, 0.3) is 0 Å². The van der Waals surface area contributed by atoms with Crippen molar-refractivity contribution < 1.29 is 19.1 Å². The summed E-state index contributed by atoms with van der Waals surface area (Å²) in [7, 11) is 0. The van der Waals surface area contributed by atoms with Gasteiger partial charge >= 0.3 is 12.1 Å². The largest absolute Gasteiger partial charge is 0.493 e. The minimum Gasteiger partial charge on any atom is -0.493 e. The van der Waals surface area contributed by atoms with E-state index in [1.54, 1.807) is 37.2 Å². The predicted molar refractivity (Wildman–Crippen MR) is 199 cm³/mol. The molecule has 3 heterocycles. The minimum atomic E-state index is -0.192. The summed E-state index contributed by atoms with van der Waals surface area (Å²) >= 11 is 2.15. The molecule has 0 aliphatic rings. The van der Waals surface area contributed by atoms with Crippen LogP contribution in [0.4, 0.5) is 9.59 Å². The van der Waals surface area contributed by atoms with Crippen LogP contribution in [0.2, 0.25) is 0 Å². The van der Waals surface area contributed by atoms with Crippen molar-refractivity contribution in [3.63, 3.8) is 0 Å². The van der Waals surface area contributed by atoms with E-state index < -0.39 is 0 Å². The molecule has 3 N–H and O–H groups in total. The Labute approximate surface area is 297 Å². The first-order chi connectivity index (χ1) is 22.7. The van der Waals surface area contributed by atoms with E-state index in [0.29, 0.717) is 31.5 Å². The highest BCUT2D eigenvalue weighted by Gasteiger charge is 2.05. The molecule has 0 unspecified atom stereocenters. The standard InChI is InChI=1S/C15H19N3O2.C11H17NO.C7H6N4O.CH3I.CH4/c1-12(2)10-20-14-5-3-13(4-6-14)9-17-15(19)18-8-7-16-11-18;1-9(2)8-13-11-5-3-10(7-12)4-6-11;12-7(10-3-1-8-5-10)11-4-2-9-6-11;1-2;/h3-8,11-12H,9-10H2,1-2H3,(H,17,19);3-6,9H,7-8,12H2,1-2H3;1-6H;1H3;1H4. The second-order valence-electron chi connectivity index (χ2n) is 10.8. The van der Waals surface area contributed by atoms with Crippen LogP contribution in [0, 0.1) is 11.8 Å². The Hall–Kier alpha value is -4.50. The number of aromatic nitrogens is 6. The number of amides is 1. The molecule has 0 radical (unpaired) electrons. The van der Waals surface area contributed by atoms with Crippen LogP contribution in [0.1, 0.15) is 46.2 Å². The maximum Gasteiger partial charge on any atom is 0.338 e. The van der Waals surface area contributed by atoms with Crippen molar-refractivity contribution in [2.24, 2.45) is 17.6 Å². The molecule has 260 valence electrons. The summed E-state index contributed by atoms with van der Waals surface area (Å²) in [6, 6.07) is 15.3. The van der Waals surface area contributed by atoms with Gasteiger partial charge in [0.05, 0.1) is 13.2 Å². The molecule has 0 saturated carbocycles. The molecule has 0 aliphatic carbocycles. The summed E-state index contributed by atoms with van der Waals surface area (Å²) in [6.07, 6.45) is 13.8. The van der Waals surface area contributed by atoms with Crippen LogP contribution in [0.25, 0.3) is 0 Å². The fourth-order valence-electron chi connectivity index (χ4n) is 3.48. The number of carbonyl (C=O) groups excluding carboxylic acids is 2. The SMILES string of the molecule is C.CC(C)COc1ccc(CN)cc1.CC(C)COc1ccc(CNC(=O)n2ccnc2)cc1.CI.O=C(n1ccnc1)n1ccnc1. The molecule has 1 amide bonds. The highest BCUT2D eigenvalue weighted by molar-refractivity contribution is 14.1. The Bertz CT molecular complexity index is 1470. The van der Waals surface area contributed by atoms with Gasteiger partial charge in [-0.05, 0) is 52.2 Å². The summed E-state index contributed by atoms with van der Waals surface area (Å²) in [6.45, 7) is 11.0. The van der Waals surface area contributed by atoms with E-state index in [2.05, 4.69) is 70.6 Å². The Morgan fingerprint density at radius 2 is 1.10 bits per heavy atom. The summed E-state index contributed by atoms with van der Waals surface area (Å²) in [5.41, 5.74) is 7.64. The lowest BCUT2D eigenvalue weighted by Gasteiger charge is -2.09. The monoisotopic (exact) mass is 772 g/mol. The van der Waals surface area contributed by atoms with E-state index in [1.807, 2.05) is 53.5 Å². The average molecular weight is 773 g/mol. The van der Waals surface area contributed by atoms with Crippen molar-refractivity contribution in [2.45, 2.75) is 48.2 Å². The van der Waals surface area contributed by atoms with Crippen molar-refractivity contribution in [1.29, 1.82) is 0 Å². The lowest BCUT2D eigenvalue weighted by Crippen LogP contribution is -2.26. The highest BCUT2D eigenvalue weighted by Crippen LogP contribution is 2.14. The third kappa shape index (κ3) is 15.9. The van der Waals surface area contributed by atoms with Crippen molar-refractivity contribution in [3.05, 3.63) is 116 Å². The van der Waals surface area contributed by atoms with Gasteiger partial charge in [0.2, 0.25) is 0 Å². The molecule has 0 bridgehead atoms. The summed E-state index contributed by atoms with van der Waals surface area (Å²) in [4.78, 5) is 36.4. The van der Waals surface area contributed by atoms with Gasteiger partial charge in [-0.25, -0.2) is 24.5 Å². The summed E-state index contributed by atoms with van der Waals surface area (Å²) < 4.78 is 15.3. The zero-order valence-corrected chi connectivity index (χ0v) is 29.7. The minimum absolute atomic E-state index is 0. The van der Waals surface area contributed by atoms with Gasteiger partial charge in [-0.1, -0.05) is 82.0 Å². The average Bonchev–Trinajstić information content (AvgIpc) is 3.92. The molecule has 12 nitrogen and oxygen atoms in total. The van der Waals surface area contributed by atoms with E-state index in [-0.39, 0.29) is 19.5 Å². The maximum absolute atomic E-state index is 11.7. The number of rotatable bonds is 9. The number of alkyl halides is 1. The molecular formula is C35H49IN8O4. The second kappa shape index (κ2) is 23.8. The van der Waals surface area contributed by atoms with Crippen LogP contribution >= 0.6 is 22.6 Å². The normalized spacial score (nSPS) is 9.85. The molecule has 0 saturated heterocycles. The third-order valence-electron chi connectivity index (χ3n) is 5.88. The quantitative estimate of drug-likeness (QED) is 0.119. The zero-order chi connectivity index (χ0) is 34.4. The fourth-order valence-corrected chi connectivity index (χ4v) is 3.48.